The second-order valence-electron chi connectivity index (χ2n) is 3.39. The summed E-state index contributed by atoms with van der Waals surface area (Å²) in [6, 6.07) is 8.67. The van der Waals surface area contributed by atoms with Crippen molar-refractivity contribution in [2.75, 3.05) is 5.32 Å². The van der Waals surface area contributed by atoms with Gasteiger partial charge in [-0.25, -0.2) is 0 Å². The molecule has 0 spiro atoms. The van der Waals surface area contributed by atoms with Crippen molar-refractivity contribution < 1.29 is 22.5 Å². The molecule has 0 bridgehead atoms. The van der Waals surface area contributed by atoms with Crippen LogP contribution in [0.2, 0.25) is 0 Å². The summed E-state index contributed by atoms with van der Waals surface area (Å²) in [5.41, 5.74) is 0.314. The van der Waals surface area contributed by atoms with Crippen molar-refractivity contribution in [3.05, 3.63) is 47.7 Å². The Morgan fingerprint density at radius 1 is 1.22 bits per heavy atom. The zero-order valence-corrected chi connectivity index (χ0v) is 8.86. The summed E-state index contributed by atoms with van der Waals surface area (Å²) < 4.78 is 40.7. The molecule has 0 unspecified atom stereocenters. The number of carbonyl (C=O) groups excluding carboxylic acids is 1. The van der Waals surface area contributed by atoms with Gasteiger partial charge >= 0.3 is 6.18 Å². The minimum absolute atomic E-state index is 0.281. The van der Waals surface area contributed by atoms with Gasteiger partial charge in [0, 0.05) is 11.6 Å². The molecule has 0 atom stereocenters. The Balaban J connectivity index is 2.11. The maximum Gasteiger partial charge on any atom is 0.452 e. The maximum atomic E-state index is 12.2. The van der Waals surface area contributed by atoms with Gasteiger partial charge in [-0.15, -0.1) is 0 Å². The first-order chi connectivity index (χ1) is 8.47. The highest BCUT2D eigenvalue weighted by atomic mass is 19.4. The lowest BCUT2D eigenvalue weighted by atomic mass is 10.2. The van der Waals surface area contributed by atoms with Crippen molar-refractivity contribution in [3.8, 4) is 0 Å². The predicted octanol–water partition coefficient (Wildman–Crippen LogP) is 2.95. The second kappa shape index (κ2) is 4.52. The van der Waals surface area contributed by atoms with E-state index in [0.29, 0.717) is 11.6 Å². The number of carbonyl (C=O) groups is 1. The van der Waals surface area contributed by atoms with Crippen LogP contribution in [0.15, 0.2) is 40.9 Å². The number of amides is 1. The van der Waals surface area contributed by atoms with Crippen LogP contribution in [0.25, 0.3) is 0 Å². The largest absolute Gasteiger partial charge is 0.452 e. The monoisotopic (exact) mass is 256 g/mol. The van der Waals surface area contributed by atoms with Crippen LogP contribution < -0.4 is 5.32 Å². The van der Waals surface area contributed by atoms with E-state index in [-0.39, 0.29) is 5.82 Å². The third-order valence-corrected chi connectivity index (χ3v) is 2.07. The van der Waals surface area contributed by atoms with E-state index in [2.05, 4.69) is 15.0 Å². The van der Waals surface area contributed by atoms with Crippen molar-refractivity contribution in [3.63, 3.8) is 0 Å². The van der Waals surface area contributed by atoms with Gasteiger partial charge in [0.15, 0.2) is 5.82 Å². The van der Waals surface area contributed by atoms with Crippen LogP contribution in [0.5, 0.6) is 0 Å². The van der Waals surface area contributed by atoms with Gasteiger partial charge in [-0.3, -0.25) is 4.79 Å². The molecule has 1 aromatic heterocycles. The summed E-state index contributed by atoms with van der Waals surface area (Å²) in [5, 5.41) is 5.33. The molecule has 0 radical (unpaired) electrons. The third-order valence-electron chi connectivity index (χ3n) is 2.07. The van der Waals surface area contributed by atoms with Crippen molar-refractivity contribution in [1.29, 1.82) is 0 Å². The lowest BCUT2D eigenvalue weighted by molar-refractivity contribution is -0.155. The van der Waals surface area contributed by atoms with E-state index in [1.807, 2.05) is 0 Å². The van der Waals surface area contributed by atoms with Gasteiger partial charge < -0.3 is 9.84 Å². The summed E-state index contributed by atoms with van der Waals surface area (Å²) in [4.78, 5) is 11.6. The Morgan fingerprint density at radius 2 is 1.89 bits per heavy atom. The van der Waals surface area contributed by atoms with Crippen LogP contribution in [-0.2, 0) is 6.18 Å². The summed E-state index contributed by atoms with van der Waals surface area (Å²) in [7, 11) is 0. The Kier molecular flexibility index (Phi) is 3.05. The van der Waals surface area contributed by atoms with Crippen LogP contribution in [-0.4, -0.2) is 11.1 Å². The van der Waals surface area contributed by atoms with Gasteiger partial charge in [0.1, 0.15) is 0 Å². The molecule has 94 valence electrons. The van der Waals surface area contributed by atoms with Crippen molar-refractivity contribution in [2.45, 2.75) is 6.18 Å². The highest BCUT2D eigenvalue weighted by Crippen LogP contribution is 2.30. The molecule has 0 saturated heterocycles. The van der Waals surface area contributed by atoms with Gasteiger partial charge in [0.05, 0.1) is 0 Å². The smallest absolute Gasteiger partial charge is 0.349 e. The standard InChI is InChI=1S/C11H7F3N2O2/c12-11(13,14)8-6-9(16-18-8)15-10(17)7-4-2-1-3-5-7/h1-6H,(H,15,16,17). The van der Waals surface area contributed by atoms with E-state index in [9.17, 15) is 18.0 Å². The topological polar surface area (TPSA) is 55.1 Å². The van der Waals surface area contributed by atoms with Crippen molar-refractivity contribution in [1.82, 2.24) is 5.16 Å². The number of nitrogens with zero attached hydrogens (tertiary/aromatic N) is 1. The molecule has 0 aliphatic rings. The van der Waals surface area contributed by atoms with Crippen LogP contribution in [0.3, 0.4) is 0 Å². The molecule has 18 heavy (non-hydrogen) atoms. The van der Waals surface area contributed by atoms with E-state index in [1.54, 1.807) is 18.2 Å². The fraction of sp³-hybridized carbons (Fsp3) is 0.0909. The van der Waals surface area contributed by atoms with E-state index in [1.165, 1.54) is 12.1 Å². The van der Waals surface area contributed by atoms with Crippen LogP contribution >= 0.6 is 0 Å². The molecule has 1 aromatic carbocycles. The number of hydrogen-bond donors (Lipinski definition) is 1. The van der Waals surface area contributed by atoms with E-state index in [4.69, 9.17) is 0 Å². The molecule has 2 aromatic rings. The Morgan fingerprint density at radius 3 is 2.44 bits per heavy atom. The number of alkyl halides is 3. The molecule has 1 N–H and O–H groups in total. The van der Waals surface area contributed by atoms with Gasteiger partial charge in [0.25, 0.3) is 5.91 Å². The SMILES string of the molecule is O=C(Nc1cc(C(F)(F)F)on1)c1ccccc1. The first-order valence-corrected chi connectivity index (χ1v) is 4.87. The summed E-state index contributed by atoms with van der Waals surface area (Å²) in [6.07, 6.45) is -4.62. The van der Waals surface area contributed by atoms with Gasteiger partial charge in [0.2, 0.25) is 5.76 Å². The van der Waals surface area contributed by atoms with Gasteiger partial charge in [-0.2, -0.15) is 13.2 Å². The molecular weight excluding hydrogens is 249 g/mol. The molecule has 7 heteroatoms. The van der Waals surface area contributed by atoms with Crippen molar-refractivity contribution >= 4 is 11.7 Å². The summed E-state index contributed by atoms with van der Waals surface area (Å²) in [5.74, 6) is -2.10. The molecule has 0 aliphatic heterocycles. The van der Waals surface area contributed by atoms with E-state index >= 15 is 0 Å². The first-order valence-electron chi connectivity index (χ1n) is 4.87. The van der Waals surface area contributed by atoms with Gasteiger partial charge in [-0.1, -0.05) is 23.4 Å². The maximum absolute atomic E-state index is 12.2. The molecule has 0 saturated carbocycles. The number of aromatic nitrogens is 1. The minimum Gasteiger partial charge on any atom is -0.349 e. The minimum atomic E-state index is -4.62. The van der Waals surface area contributed by atoms with Gasteiger partial charge in [-0.05, 0) is 12.1 Å². The van der Waals surface area contributed by atoms with Crippen LogP contribution in [0.4, 0.5) is 19.0 Å². The van der Waals surface area contributed by atoms with E-state index in [0.717, 1.165) is 0 Å². The fourth-order valence-electron chi connectivity index (χ4n) is 1.25. The number of hydrogen-bond acceptors (Lipinski definition) is 3. The Labute approximate surface area is 99.4 Å². The highest BCUT2D eigenvalue weighted by molar-refractivity contribution is 6.03. The van der Waals surface area contributed by atoms with Crippen LogP contribution in [0.1, 0.15) is 16.1 Å². The average molecular weight is 256 g/mol. The summed E-state index contributed by atoms with van der Waals surface area (Å²) in [6.45, 7) is 0. The lowest BCUT2D eigenvalue weighted by Gasteiger charge is -2.00. The zero-order valence-electron chi connectivity index (χ0n) is 8.86. The van der Waals surface area contributed by atoms with Crippen molar-refractivity contribution in [2.24, 2.45) is 0 Å². The molecule has 2 rings (SSSR count). The lowest BCUT2D eigenvalue weighted by Crippen LogP contribution is -2.11. The first kappa shape index (κ1) is 12.2. The Bertz CT molecular complexity index is 549. The number of anilines is 1. The molecule has 0 fully saturated rings. The molecular formula is C11H7F3N2O2. The second-order valence-corrected chi connectivity index (χ2v) is 3.39. The number of halogens is 3. The highest BCUT2D eigenvalue weighted by Gasteiger charge is 2.36. The predicted molar refractivity (Wildman–Crippen MR) is 55.9 cm³/mol. The molecule has 0 aliphatic carbocycles. The molecule has 1 amide bonds. The number of rotatable bonds is 2. The quantitative estimate of drug-likeness (QED) is 0.898. The molecule has 1 heterocycles. The third kappa shape index (κ3) is 2.68. The zero-order chi connectivity index (χ0) is 13.2. The van der Waals surface area contributed by atoms with Crippen LogP contribution in [0, 0.1) is 0 Å². The molecule has 4 nitrogen and oxygen atoms in total. The summed E-state index contributed by atoms with van der Waals surface area (Å²) >= 11 is 0. The number of benzene rings is 1. The number of nitrogens with one attached hydrogen (secondary N) is 1. The average Bonchev–Trinajstić information content (AvgIpc) is 2.78. The normalized spacial score (nSPS) is 11.3. The fourth-order valence-corrected chi connectivity index (χ4v) is 1.25. The Hall–Kier alpha value is -2.31. The van der Waals surface area contributed by atoms with E-state index < -0.39 is 17.8 Å².